The van der Waals surface area contributed by atoms with Gasteiger partial charge in [0.1, 0.15) is 24.0 Å². The maximum Gasteiger partial charge on any atom is 0.408 e. The van der Waals surface area contributed by atoms with Gasteiger partial charge in [-0.05, 0) is 52.6 Å². The predicted molar refractivity (Wildman–Crippen MR) is 95.0 cm³/mol. The molecule has 0 aliphatic rings. The molecule has 0 radical (unpaired) electrons. The van der Waals surface area contributed by atoms with Crippen LogP contribution in [0.15, 0.2) is 24.3 Å². The first kappa shape index (κ1) is 20.8. The Balaban J connectivity index is 2.60. The maximum absolute atomic E-state index is 11.8. The van der Waals surface area contributed by atoms with Crippen molar-refractivity contribution in [2.45, 2.75) is 38.8 Å². The monoisotopic (exact) mass is 352 g/mol. The molecule has 25 heavy (non-hydrogen) atoms. The molecule has 0 aliphatic heterocycles. The minimum atomic E-state index is -1.11. The number of carbonyl (C=O) groups is 2. The number of nitrogens with one attached hydrogen (secondary N) is 1. The highest BCUT2D eigenvalue weighted by atomic mass is 16.6. The lowest BCUT2D eigenvalue weighted by Gasteiger charge is -2.22. The van der Waals surface area contributed by atoms with E-state index in [-0.39, 0.29) is 6.42 Å². The number of carbonyl (C=O) groups excluding carboxylic acids is 1. The molecule has 1 aromatic carbocycles. The van der Waals surface area contributed by atoms with Gasteiger partial charge < -0.3 is 24.8 Å². The smallest absolute Gasteiger partial charge is 0.408 e. The second-order valence-corrected chi connectivity index (χ2v) is 7.04. The molecule has 0 spiro atoms. The first-order valence-corrected chi connectivity index (χ1v) is 8.15. The number of carboxylic acid groups (broad SMARTS) is 1. The summed E-state index contributed by atoms with van der Waals surface area (Å²) in [6, 6.07) is 6.10. The fourth-order valence-electron chi connectivity index (χ4n) is 1.95. The van der Waals surface area contributed by atoms with Gasteiger partial charge in [0.05, 0.1) is 0 Å². The highest BCUT2D eigenvalue weighted by molar-refractivity contribution is 5.80. The number of ether oxygens (including phenoxy) is 2. The normalized spacial score (nSPS) is 12.6. The second-order valence-electron chi connectivity index (χ2n) is 7.04. The molecule has 0 aliphatic carbocycles. The number of aliphatic carboxylic acids is 1. The number of hydrogen-bond acceptors (Lipinski definition) is 5. The largest absolute Gasteiger partial charge is 0.492 e. The highest BCUT2D eigenvalue weighted by Crippen LogP contribution is 2.14. The minimum absolute atomic E-state index is 0.159. The third-order valence-electron chi connectivity index (χ3n) is 3.16. The van der Waals surface area contributed by atoms with Crippen LogP contribution in [0.1, 0.15) is 26.3 Å². The third kappa shape index (κ3) is 8.95. The fraction of sp³-hybridized carbons (Fsp3) is 0.556. The molecule has 1 amide bonds. The number of hydrogen-bond donors (Lipinski definition) is 2. The number of carboxylic acids is 1. The maximum atomic E-state index is 11.8. The first-order chi connectivity index (χ1) is 11.6. The summed E-state index contributed by atoms with van der Waals surface area (Å²) in [5.41, 5.74) is 0.0991. The van der Waals surface area contributed by atoms with Gasteiger partial charge in [-0.1, -0.05) is 12.1 Å². The van der Waals surface area contributed by atoms with E-state index in [1.807, 2.05) is 19.0 Å². The van der Waals surface area contributed by atoms with Gasteiger partial charge in [-0.15, -0.1) is 0 Å². The van der Waals surface area contributed by atoms with Crippen LogP contribution in [0.2, 0.25) is 0 Å². The molecule has 1 rings (SSSR count). The molecule has 1 aromatic rings. The molecule has 7 heteroatoms. The zero-order valence-electron chi connectivity index (χ0n) is 15.5. The van der Waals surface area contributed by atoms with Crippen molar-refractivity contribution in [3.8, 4) is 5.75 Å². The van der Waals surface area contributed by atoms with Crippen LogP contribution < -0.4 is 10.1 Å². The Hall–Kier alpha value is -2.28. The first-order valence-electron chi connectivity index (χ1n) is 8.15. The zero-order valence-corrected chi connectivity index (χ0v) is 15.5. The van der Waals surface area contributed by atoms with Crippen LogP contribution in [-0.2, 0) is 16.0 Å². The van der Waals surface area contributed by atoms with Crippen LogP contribution in [0.3, 0.4) is 0 Å². The predicted octanol–water partition coefficient (Wildman–Crippen LogP) is 2.15. The molecule has 0 bridgehead atoms. The summed E-state index contributed by atoms with van der Waals surface area (Å²) in [7, 11) is 3.94. The van der Waals surface area contributed by atoms with Gasteiger partial charge >= 0.3 is 12.1 Å². The molecule has 0 fully saturated rings. The number of nitrogens with zero attached hydrogens (tertiary/aromatic N) is 1. The van der Waals surface area contributed by atoms with E-state index in [1.54, 1.807) is 45.0 Å². The van der Waals surface area contributed by atoms with Gasteiger partial charge in [0.25, 0.3) is 0 Å². The molecule has 2 N–H and O–H groups in total. The summed E-state index contributed by atoms with van der Waals surface area (Å²) in [6.07, 6.45) is -0.587. The second kappa shape index (κ2) is 9.27. The zero-order chi connectivity index (χ0) is 19.0. The van der Waals surface area contributed by atoms with E-state index in [9.17, 15) is 14.7 Å². The highest BCUT2D eigenvalue weighted by Gasteiger charge is 2.24. The van der Waals surface area contributed by atoms with Crippen molar-refractivity contribution in [3.63, 3.8) is 0 Å². The molecular weight excluding hydrogens is 324 g/mol. The van der Waals surface area contributed by atoms with Crippen LogP contribution in [-0.4, -0.2) is 61.0 Å². The Labute approximate surface area is 148 Å². The number of likely N-dealkylation sites (N-methyl/N-ethyl adjacent to an activating group) is 1. The molecule has 1 unspecified atom stereocenters. The number of amides is 1. The number of alkyl carbamates (subject to hydrolysis) is 1. The van der Waals surface area contributed by atoms with Crippen molar-refractivity contribution in [3.05, 3.63) is 29.8 Å². The van der Waals surface area contributed by atoms with E-state index < -0.39 is 23.7 Å². The van der Waals surface area contributed by atoms with Gasteiger partial charge in [-0.3, -0.25) is 0 Å². The summed E-state index contributed by atoms with van der Waals surface area (Å²) < 4.78 is 10.7. The fourth-order valence-corrected chi connectivity index (χ4v) is 1.95. The minimum Gasteiger partial charge on any atom is -0.492 e. The Morgan fingerprint density at radius 3 is 2.28 bits per heavy atom. The summed E-state index contributed by atoms with van der Waals surface area (Å²) in [6.45, 7) is 6.54. The molecule has 0 saturated carbocycles. The van der Waals surface area contributed by atoms with Crippen LogP contribution >= 0.6 is 0 Å². The van der Waals surface area contributed by atoms with Crippen molar-refractivity contribution in [2.75, 3.05) is 27.2 Å². The SMILES string of the molecule is CN(C)CCOc1ccc(CC(NC(=O)OC(C)(C)C)C(=O)O)cc1. The Kier molecular flexibility index (Phi) is 7.70. The Morgan fingerprint density at radius 1 is 1.20 bits per heavy atom. The Morgan fingerprint density at radius 2 is 1.80 bits per heavy atom. The number of benzene rings is 1. The van der Waals surface area contributed by atoms with E-state index >= 15 is 0 Å². The van der Waals surface area contributed by atoms with Gasteiger partial charge in [-0.25, -0.2) is 9.59 Å². The van der Waals surface area contributed by atoms with Crippen molar-refractivity contribution >= 4 is 12.1 Å². The molecule has 1 atom stereocenters. The van der Waals surface area contributed by atoms with Crippen LogP contribution in [0, 0.1) is 0 Å². The van der Waals surface area contributed by atoms with Crippen LogP contribution in [0.4, 0.5) is 4.79 Å². The number of rotatable bonds is 8. The lowest BCUT2D eigenvalue weighted by Crippen LogP contribution is -2.44. The topological polar surface area (TPSA) is 88.1 Å². The average Bonchev–Trinajstić information content (AvgIpc) is 2.46. The summed E-state index contributed by atoms with van der Waals surface area (Å²) in [5.74, 6) is -0.394. The van der Waals surface area contributed by atoms with E-state index in [0.717, 1.165) is 17.9 Å². The Bertz CT molecular complexity index is 564. The van der Waals surface area contributed by atoms with Crippen molar-refractivity contribution < 1.29 is 24.2 Å². The van der Waals surface area contributed by atoms with E-state index in [2.05, 4.69) is 5.32 Å². The standard InChI is InChI=1S/C18H28N2O5/c1-18(2,3)25-17(23)19-15(16(21)22)12-13-6-8-14(9-7-13)24-11-10-20(4)5/h6-9,15H,10-12H2,1-5H3,(H,19,23)(H,21,22). The van der Waals surface area contributed by atoms with Crippen molar-refractivity contribution in [1.29, 1.82) is 0 Å². The quantitative estimate of drug-likeness (QED) is 0.745. The van der Waals surface area contributed by atoms with Gasteiger partial charge in [0, 0.05) is 13.0 Å². The van der Waals surface area contributed by atoms with Gasteiger partial charge in [0.2, 0.25) is 0 Å². The van der Waals surface area contributed by atoms with Crippen molar-refractivity contribution in [1.82, 2.24) is 10.2 Å². The van der Waals surface area contributed by atoms with E-state index in [0.29, 0.717) is 6.61 Å². The van der Waals surface area contributed by atoms with Crippen LogP contribution in [0.25, 0.3) is 0 Å². The van der Waals surface area contributed by atoms with Crippen molar-refractivity contribution in [2.24, 2.45) is 0 Å². The molecular formula is C18H28N2O5. The van der Waals surface area contributed by atoms with E-state index in [1.165, 1.54) is 0 Å². The molecule has 0 aromatic heterocycles. The molecule has 0 heterocycles. The van der Waals surface area contributed by atoms with E-state index in [4.69, 9.17) is 9.47 Å². The third-order valence-corrected chi connectivity index (χ3v) is 3.16. The summed E-state index contributed by atoms with van der Waals surface area (Å²) in [4.78, 5) is 25.2. The molecule has 7 nitrogen and oxygen atoms in total. The van der Waals surface area contributed by atoms with Gasteiger partial charge in [0.15, 0.2) is 0 Å². The summed E-state index contributed by atoms with van der Waals surface area (Å²) >= 11 is 0. The average molecular weight is 352 g/mol. The van der Waals surface area contributed by atoms with Gasteiger partial charge in [-0.2, -0.15) is 0 Å². The molecule has 140 valence electrons. The van der Waals surface area contributed by atoms with Crippen LogP contribution in [0.5, 0.6) is 5.75 Å². The summed E-state index contributed by atoms with van der Waals surface area (Å²) in [5, 5.41) is 11.7. The lowest BCUT2D eigenvalue weighted by atomic mass is 10.1. The molecule has 0 saturated heterocycles. The lowest BCUT2D eigenvalue weighted by molar-refractivity contribution is -0.139.